The van der Waals surface area contributed by atoms with Crippen LogP contribution in [-0.4, -0.2) is 40.6 Å². The number of carbonyl (C=O) groups excluding carboxylic acids is 1. The molecule has 0 aliphatic carbocycles. The highest BCUT2D eigenvalue weighted by atomic mass is 32.1. The number of nitrogens with one attached hydrogen (secondary N) is 1. The Balaban J connectivity index is 1.78. The van der Waals surface area contributed by atoms with E-state index in [-0.39, 0.29) is 12.5 Å². The highest BCUT2D eigenvalue weighted by molar-refractivity contribution is 7.14. The number of ether oxygens (including phenoxy) is 1. The summed E-state index contributed by atoms with van der Waals surface area (Å²) in [5.74, 6) is -0.322. The second kappa shape index (κ2) is 7.93. The van der Waals surface area contributed by atoms with Gasteiger partial charge in [0, 0.05) is 29.8 Å². The number of aromatic nitrogens is 3. The Morgan fingerprint density at radius 3 is 2.84 bits per heavy atom. The fourth-order valence-electron chi connectivity index (χ4n) is 2.22. The Hall–Kier alpha value is -2.68. The number of benzene rings is 1. The first kappa shape index (κ1) is 17.2. The Labute approximate surface area is 148 Å². The maximum absolute atomic E-state index is 11.9. The van der Waals surface area contributed by atoms with E-state index in [0.717, 1.165) is 22.5 Å². The molecule has 7 nitrogen and oxygen atoms in total. The summed E-state index contributed by atoms with van der Waals surface area (Å²) in [6.07, 6.45) is 3.22. The number of methoxy groups -OCH3 is 1. The lowest BCUT2D eigenvalue weighted by Gasteiger charge is -2.08. The molecule has 0 fully saturated rings. The molecule has 0 bridgehead atoms. The van der Waals surface area contributed by atoms with Gasteiger partial charge in [-0.25, -0.2) is 15.0 Å². The van der Waals surface area contributed by atoms with Crippen LogP contribution in [0, 0.1) is 0 Å². The number of anilines is 1. The van der Waals surface area contributed by atoms with Crippen molar-refractivity contribution < 1.29 is 9.53 Å². The van der Waals surface area contributed by atoms with Crippen LogP contribution in [-0.2, 0) is 9.53 Å². The van der Waals surface area contributed by atoms with Crippen molar-refractivity contribution in [1.29, 1.82) is 0 Å². The van der Waals surface area contributed by atoms with Crippen LogP contribution >= 0.6 is 11.3 Å². The number of hydrogen-bond donors (Lipinski definition) is 2. The Kier molecular flexibility index (Phi) is 5.44. The van der Waals surface area contributed by atoms with Crippen LogP contribution in [0.2, 0.25) is 0 Å². The SMILES string of the molecule is COC[C@H](N)C(=O)Nc1nc(-c2cccc(-c3ccncn3)c2)cs1. The molecular weight excluding hydrogens is 338 g/mol. The van der Waals surface area contributed by atoms with Gasteiger partial charge in [0.25, 0.3) is 0 Å². The minimum Gasteiger partial charge on any atom is -0.383 e. The topological polar surface area (TPSA) is 103 Å². The molecule has 3 aromatic rings. The number of rotatable bonds is 6. The first-order valence-electron chi connectivity index (χ1n) is 7.55. The van der Waals surface area contributed by atoms with E-state index in [9.17, 15) is 4.79 Å². The zero-order valence-corrected chi connectivity index (χ0v) is 14.4. The number of thiazole rings is 1. The molecule has 3 rings (SSSR count). The molecule has 128 valence electrons. The summed E-state index contributed by atoms with van der Waals surface area (Å²) in [5.41, 5.74) is 9.23. The van der Waals surface area contributed by atoms with Crippen molar-refractivity contribution in [2.45, 2.75) is 6.04 Å². The Morgan fingerprint density at radius 2 is 2.12 bits per heavy atom. The number of nitrogens with zero attached hydrogens (tertiary/aromatic N) is 3. The van der Waals surface area contributed by atoms with Crippen molar-refractivity contribution in [2.75, 3.05) is 19.0 Å². The van der Waals surface area contributed by atoms with E-state index in [4.69, 9.17) is 10.5 Å². The van der Waals surface area contributed by atoms with Crippen molar-refractivity contribution in [3.05, 3.63) is 48.2 Å². The summed E-state index contributed by atoms with van der Waals surface area (Å²) in [6, 6.07) is 9.01. The fraction of sp³-hybridized carbons (Fsp3) is 0.176. The van der Waals surface area contributed by atoms with Crippen LogP contribution in [0.3, 0.4) is 0 Å². The van der Waals surface area contributed by atoms with Gasteiger partial charge in [0.1, 0.15) is 12.4 Å². The normalized spacial score (nSPS) is 11.9. The smallest absolute Gasteiger partial charge is 0.245 e. The van der Waals surface area contributed by atoms with E-state index < -0.39 is 6.04 Å². The molecule has 0 saturated carbocycles. The van der Waals surface area contributed by atoms with E-state index in [1.54, 1.807) is 6.20 Å². The van der Waals surface area contributed by atoms with Crippen LogP contribution in [0.1, 0.15) is 0 Å². The van der Waals surface area contributed by atoms with Crippen molar-refractivity contribution in [2.24, 2.45) is 5.73 Å². The van der Waals surface area contributed by atoms with Crippen molar-refractivity contribution in [3.8, 4) is 22.5 Å². The second-order valence-corrected chi connectivity index (χ2v) is 6.12. The fourth-order valence-corrected chi connectivity index (χ4v) is 2.94. The van der Waals surface area contributed by atoms with Gasteiger partial charge in [0.2, 0.25) is 5.91 Å². The van der Waals surface area contributed by atoms with Crippen LogP contribution in [0.25, 0.3) is 22.5 Å². The lowest BCUT2D eigenvalue weighted by molar-refractivity contribution is -0.118. The van der Waals surface area contributed by atoms with Gasteiger partial charge in [-0.1, -0.05) is 18.2 Å². The summed E-state index contributed by atoms with van der Waals surface area (Å²) in [5, 5.41) is 5.09. The average Bonchev–Trinajstić information content (AvgIpc) is 3.11. The lowest BCUT2D eigenvalue weighted by Crippen LogP contribution is -2.39. The minimum absolute atomic E-state index is 0.158. The molecule has 0 saturated heterocycles. The molecule has 1 amide bonds. The second-order valence-electron chi connectivity index (χ2n) is 5.26. The van der Waals surface area contributed by atoms with Gasteiger partial charge in [-0.2, -0.15) is 0 Å². The Bertz CT molecular complexity index is 853. The predicted octanol–water partition coefficient (Wildman–Crippen LogP) is 2.18. The van der Waals surface area contributed by atoms with Crippen molar-refractivity contribution in [3.63, 3.8) is 0 Å². The zero-order valence-electron chi connectivity index (χ0n) is 13.5. The van der Waals surface area contributed by atoms with E-state index in [0.29, 0.717) is 5.13 Å². The number of amides is 1. The average molecular weight is 355 g/mol. The number of nitrogens with two attached hydrogens (primary N) is 1. The van der Waals surface area contributed by atoms with Gasteiger partial charge in [-0.05, 0) is 12.1 Å². The summed E-state index contributed by atoms with van der Waals surface area (Å²) in [4.78, 5) is 24.6. The lowest BCUT2D eigenvalue weighted by atomic mass is 10.1. The zero-order chi connectivity index (χ0) is 17.6. The maximum atomic E-state index is 11.9. The first-order chi connectivity index (χ1) is 12.2. The summed E-state index contributed by atoms with van der Waals surface area (Å²) in [7, 11) is 1.50. The molecular formula is C17H17N5O2S. The third-order valence-electron chi connectivity index (χ3n) is 3.45. The molecule has 25 heavy (non-hydrogen) atoms. The van der Waals surface area contributed by atoms with Crippen molar-refractivity contribution in [1.82, 2.24) is 15.0 Å². The van der Waals surface area contributed by atoms with E-state index in [2.05, 4.69) is 20.3 Å². The molecule has 1 atom stereocenters. The predicted molar refractivity (Wildman–Crippen MR) is 97.1 cm³/mol. The molecule has 1 aromatic carbocycles. The molecule has 0 spiro atoms. The molecule has 0 unspecified atom stereocenters. The van der Waals surface area contributed by atoms with Crippen LogP contribution in [0.4, 0.5) is 5.13 Å². The molecule has 2 aromatic heterocycles. The highest BCUT2D eigenvalue weighted by Gasteiger charge is 2.15. The molecule has 3 N–H and O–H groups in total. The summed E-state index contributed by atoms with van der Waals surface area (Å²) >= 11 is 1.34. The van der Waals surface area contributed by atoms with Gasteiger partial charge in [0.15, 0.2) is 5.13 Å². The molecule has 0 aliphatic rings. The largest absolute Gasteiger partial charge is 0.383 e. The monoisotopic (exact) mass is 355 g/mol. The number of carbonyl (C=O) groups is 1. The minimum atomic E-state index is -0.724. The first-order valence-corrected chi connectivity index (χ1v) is 8.43. The number of hydrogen-bond acceptors (Lipinski definition) is 7. The molecule has 0 radical (unpaired) electrons. The maximum Gasteiger partial charge on any atom is 0.245 e. The Morgan fingerprint density at radius 1 is 1.32 bits per heavy atom. The molecule has 8 heteroatoms. The van der Waals surface area contributed by atoms with E-state index in [1.165, 1.54) is 24.8 Å². The van der Waals surface area contributed by atoms with Gasteiger partial charge < -0.3 is 15.8 Å². The van der Waals surface area contributed by atoms with E-state index >= 15 is 0 Å². The highest BCUT2D eigenvalue weighted by Crippen LogP contribution is 2.28. The van der Waals surface area contributed by atoms with Gasteiger partial charge >= 0.3 is 0 Å². The van der Waals surface area contributed by atoms with Crippen LogP contribution in [0.5, 0.6) is 0 Å². The molecule has 0 aliphatic heterocycles. The van der Waals surface area contributed by atoms with Crippen LogP contribution < -0.4 is 11.1 Å². The van der Waals surface area contributed by atoms with Crippen molar-refractivity contribution >= 4 is 22.4 Å². The summed E-state index contributed by atoms with van der Waals surface area (Å²) in [6.45, 7) is 0.158. The van der Waals surface area contributed by atoms with Crippen LogP contribution in [0.15, 0.2) is 48.2 Å². The quantitative estimate of drug-likeness (QED) is 0.702. The summed E-state index contributed by atoms with van der Waals surface area (Å²) < 4.78 is 4.88. The third kappa shape index (κ3) is 4.24. The molecule has 2 heterocycles. The van der Waals surface area contributed by atoms with Gasteiger partial charge in [0.05, 0.1) is 18.0 Å². The van der Waals surface area contributed by atoms with Gasteiger partial charge in [-0.3, -0.25) is 4.79 Å². The standard InChI is InChI=1S/C17H17N5O2S/c1-24-8-13(18)16(23)22-17-21-15(9-25-17)12-4-2-3-11(7-12)14-5-6-19-10-20-14/h2-7,9-10,13H,8,18H2,1H3,(H,21,22,23)/t13-/m0/s1. The van der Waals surface area contributed by atoms with E-state index in [1.807, 2.05) is 35.7 Å². The van der Waals surface area contributed by atoms with Gasteiger partial charge in [-0.15, -0.1) is 11.3 Å². The third-order valence-corrected chi connectivity index (χ3v) is 4.21.